The molecule has 0 fully saturated rings. The fraction of sp³-hybridized carbons (Fsp3) is 0.136. The molecule has 0 aliphatic heterocycles. The number of aromatic nitrogens is 5. The van der Waals surface area contributed by atoms with Crippen LogP contribution in [0.2, 0.25) is 0 Å². The molecular weight excluding hydrogens is 350 g/mol. The summed E-state index contributed by atoms with van der Waals surface area (Å²) in [4.78, 5) is 9.10. The number of hydrogen-bond acceptors (Lipinski definition) is 4. The molecule has 0 spiro atoms. The summed E-state index contributed by atoms with van der Waals surface area (Å²) in [6, 6.07) is 14.2. The molecule has 6 heteroatoms. The third-order valence-corrected chi connectivity index (χ3v) is 4.64. The van der Waals surface area contributed by atoms with Crippen molar-refractivity contribution in [2.45, 2.75) is 20.0 Å². The van der Waals surface area contributed by atoms with Gasteiger partial charge in [0.2, 0.25) is 0 Å². The van der Waals surface area contributed by atoms with Crippen LogP contribution in [0.3, 0.4) is 0 Å². The van der Waals surface area contributed by atoms with Crippen LogP contribution in [-0.2, 0) is 0 Å². The van der Waals surface area contributed by atoms with Crippen LogP contribution >= 0.6 is 0 Å². The Morgan fingerprint density at radius 2 is 1.89 bits per heavy atom. The van der Waals surface area contributed by atoms with E-state index < -0.39 is 0 Å². The van der Waals surface area contributed by atoms with E-state index in [2.05, 4.69) is 42.8 Å². The van der Waals surface area contributed by atoms with Gasteiger partial charge in [-0.2, -0.15) is 5.10 Å². The summed E-state index contributed by atoms with van der Waals surface area (Å²) in [6.45, 7) is 4.04. The smallest absolute Gasteiger partial charge is 0.155 e. The SMILES string of the molecule is CC(C)Oc1cccc(-c2cn3c(-c4ccc5cn[nH]c5c4)cnc3cn2)c1. The van der Waals surface area contributed by atoms with Crippen molar-refractivity contribution >= 4 is 16.6 Å². The van der Waals surface area contributed by atoms with Crippen LogP contribution in [0, 0.1) is 0 Å². The summed E-state index contributed by atoms with van der Waals surface area (Å²) in [5, 5.41) is 8.21. The maximum absolute atomic E-state index is 5.82. The first-order chi connectivity index (χ1) is 13.7. The van der Waals surface area contributed by atoms with Crippen LogP contribution in [-0.4, -0.2) is 30.7 Å². The van der Waals surface area contributed by atoms with Crippen molar-refractivity contribution in [1.82, 2.24) is 24.6 Å². The lowest BCUT2D eigenvalue weighted by atomic mass is 10.1. The van der Waals surface area contributed by atoms with Crippen molar-refractivity contribution in [1.29, 1.82) is 0 Å². The summed E-state index contributed by atoms with van der Waals surface area (Å²) in [5.74, 6) is 0.838. The predicted octanol–water partition coefficient (Wildman–Crippen LogP) is 4.73. The monoisotopic (exact) mass is 369 g/mol. The van der Waals surface area contributed by atoms with E-state index in [-0.39, 0.29) is 6.10 Å². The molecular formula is C22H19N5O. The highest BCUT2D eigenvalue weighted by atomic mass is 16.5. The van der Waals surface area contributed by atoms with Gasteiger partial charge in [-0.1, -0.05) is 24.3 Å². The average molecular weight is 369 g/mol. The number of nitrogens with zero attached hydrogens (tertiary/aromatic N) is 4. The Bertz CT molecular complexity index is 1280. The van der Waals surface area contributed by atoms with E-state index in [0.29, 0.717) is 0 Å². The minimum Gasteiger partial charge on any atom is -0.491 e. The topological polar surface area (TPSA) is 68.1 Å². The number of benzene rings is 2. The zero-order valence-corrected chi connectivity index (χ0v) is 15.6. The minimum atomic E-state index is 0.128. The molecule has 3 aromatic heterocycles. The van der Waals surface area contributed by atoms with Gasteiger partial charge in [0.05, 0.1) is 41.6 Å². The number of rotatable bonds is 4. The molecule has 1 N–H and O–H groups in total. The van der Waals surface area contributed by atoms with Gasteiger partial charge in [0.1, 0.15) is 5.75 Å². The number of aromatic amines is 1. The normalized spacial score (nSPS) is 11.5. The van der Waals surface area contributed by atoms with Crippen LogP contribution in [0.15, 0.2) is 67.3 Å². The van der Waals surface area contributed by atoms with Gasteiger partial charge in [0.25, 0.3) is 0 Å². The molecule has 0 radical (unpaired) electrons. The first kappa shape index (κ1) is 16.5. The van der Waals surface area contributed by atoms with E-state index in [4.69, 9.17) is 4.74 Å². The summed E-state index contributed by atoms with van der Waals surface area (Å²) in [5.41, 5.74) is 5.74. The van der Waals surface area contributed by atoms with Gasteiger partial charge in [-0.3, -0.25) is 14.5 Å². The highest BCUT2D eigenvalue weighted by Crippen LogP contribution is 2.27. The molecule has 5 aromatic rings. The first-order valence-electron chi connectivity index (χ1n) is 9.21. The molecule has 2 aromatic carbocycles. The second-order valence-corrected chi connectivity index (χ2v) is 7.01. The van der Waals surface area contributed by atoms with E-state index in [1.165, 1.54) is 0 Å². The zero-order chi connectivity index (χ0) is 19.1. The van der Waals surface area contributed by atoms with E-state index in [0.717, 1.165) is 44.8 Å². The summed E-state index contributed by atoms with van der Waals surface area (Å²) in [6.07, 6.45) is 7.63. The second-order valence-electron chi connectivity index (χ2n) is 7.01. The molecule has 0 saturated carbocycles. The fourth-order valence-electron chi connectivity index (χ4n) is 3.35. The van der Waals surface area contributed by atoms with Gasteiger partial charge in [-0.15, -0.1) is 0 Å². The Morgan fingerprint density at radius 3 is 2.79 bits per heavy atom. The van der Waals surface area contributed by atoms with Crippen molar-refractivity contribution in [2.75, 3.05) is 0 Å². The highest BCUT2D eigenvalue weighted by Gasteiger charge is 2.10. The number of ether oxygens (including phenoxy) is 1. The van der Waals surface area contributed by atoms with Crippen molar-refractivity contribution in [3.8, 4) is 28.3 Å². The Kier molecular flexibility index (Phi) is 3.83. The predicted molar refractivity (Wildman–Crippen MR) is 109 cm³/mol. The molecule has 138 valence electrons. The van der Waals surface area contributed by atoms with Gasteiger partial charge in [-0.25, -0.2) is 4.98 Å². The standard InChI is InChI=1S/C22H19N5O/c1-14(2)28-18-5-3-4-15(8-18)20-13-27-21(11-24-22(27)12-23-20)16-6-7-17-10-25-26-19(17)9-16/h3-14H,1-2H3,(H,25,26). The van der Waals surface area contributed by atoms with E-state index in [9.17, 15) is 0 Å². The van der Waals surface area contributed by atoms with Crippen molar-refractivity contribution in [3.63, 3.8) is 0 Å². The number of fused-ring (bicyclic) bond motifs is 2. The van der Waals surface area contributed by atoms with E-state index in [1.54, 1.807) is 6.20 Å². The summed E-state index contributed by atoms with van der Waals surface area (Å²) in [7, 11) is 0. The Labute approximate surface area is 161 Å². The lowest BCUT2D eigenvalue weighted by Gasteiger charge is -2.11. The van der Waals surface area contributed by atoms with Crippen LogP contribution in [0.1, 0.15) is 13.8 Å². The van der Waals surface area contributed by atoms with Gasteiger partial charge < -0.3 is 4.74 Å². The second kappa shape index (κ2) is 6.49. The van der Waals surface area contributed by atoms with Crippen LogP contribution < -0.4 is 4.74 Å². The molecule has 3 heterocycles. The van der Waals surface area contributed by atoms with E-state index >= 15 is 0 Å². The number of H-pyrrole nitrogens is 1. The molecule has 28 heavy (non-hydrogen) atoms. The molecule has 5 rings (SSSR count). The van der Waals surface area contributed by atoms with Crippen molar-refractivity contribution < 1.29 is 4.74 Å². The Morgan fingerprint density at radius 1 is 0.964 bits per heavy atom. The Balaban J connectivity index is 1.60. The molecule has 0 unspecified atom stereocenters. The fourth-order valence-corrected chi connectivity index (χ4v) is 3.35. The first-order valence-corrected chi connectivity index (χ1v) is 9.21. The van der Waals surface area contributed by atoms with Crippen molar-refractivity contribution in [3.05, 3.63) is 67.3 Å². The lowest BCUT2D eigenvalue weighted by molar-refractivity contribution is 0.242. The van der Waals surface area contributed by atoms with Gasteiger partial charge in [-0.05, 0) is 32.0 Å². The summed E-state index contributed by atoms with van der Waals surface area (Å²) >= 11 is 0. The average Bonchev–Trinajstić information content (AvgIpc) is 3.33. The highest BCUT2D eigenvalue weighted by molar-refractivity contribution is 5.83. The molecule has 0 atom stereocenters. The Hall–Kier alpha value is -3.67. The maximum atomic E-state index is 5.82. The van der Waals surface area contributed by atoms with Crippen LogP contribution in [0.4, 0.5) is 0 Å². The third kappa shape index (κ3) is 2.89. The van der Waals surface area contributed by atoms with Crippen molar-refractivity contribution in [2.24, 2.45) is 0 Å². The molecule has 0 bridgehead atoms. The zero-order valence-electron chi connectivity index (χ0n) is 15.6. The lowest BCUT2D eigenvalue weighted by Crippen LogP contribution is -2.05. The van der Waals surface area contributed by atoms with Gasteiger partial charge >= 0.3 is 0 Å². The quantitative estimate of drug-likeness (QED) is 0.497. The van der Waals surface area contributed by atoms with Gasteiger partial charge in [0, 0.05) is 22.7 Å². The summed E-state index contributed by atoms with van der Waals surface area (Å²) < 4.78 is 7.88. The molecule has 0 amide bonds. The molecule has 0 aliphatic rings. The largest absolute Gasteiger partial charge is 0.491 e. The maximum Gasteiger partial charge on any atom is 0.155 e. The van der Waals surface area contributed by atoms with E-state index in [1.807, 2.05) is 56.7 Å². The van der Waals surface area contributed by atoms with Crippen LogP contribution in [0.5, 0.6) is 5.75 Å². The minimum absolute atomic E-state index is 0.128. The number of nitrogens with one attached hydrogen (secondary N) is 1. The van der Waals surface area contributed by atoms with Crippen LogP contribution in [0.25, 0.3) is 39.1 Å². The third-order valence-electron chi connectivity index (χ3n) is 4.64. The molecule has 6 nitrogen and oxygen atoms in total. The molecule has 0 saturated heterocycles. The number of imidazole rings is 1. The molecule has 0 aliphatic carbocycles. The number of hydrogen-bond donors (Lipinski definition) is 1. The van der Waals surface area contributed by atoms with Gasteiger partial charge in [0.15, 0.2) is 5.65 Å².